The predicted octanol–water partition coefficient (Wildman–Crippen LogP) is 8.37. The highest BCUT2D eigenvalue weighted by Crippen LogP contribution is 2.46. The summed E-state index contributed by atoms with van der Waals surface area (Å²) in [4.78, 5) is 29.8. The van der Waals surface area contributed by atoms with Gasteiger partial charge < -0.3 is 19.3 Å². The van der Waals surface area contributed by atoms with Crippen molar-refractivity contribution >= 4 is 92.2 Å². The fraction of sp³-hybridized carbons (Fsp3) is 0.362. The van der Waals surface area contributed by atoms with Crippen LogP contribution in [0.1, 0.15) is 83.5 Å². The lowest BCUT2D eigenvalue weighted by Crippen LogP contribution is -2.40. The third-order valence-corrected chi connectivity index (χ3v) is 15.7. The summed E-state index contributed by atoms with van der Waals surface area (Å²) in [5.41, 5.74) is 4.70. The van der Waals surface area contributed by atoms with E-state index in [0.29, 0.717) is 63.3 Å². The first-order valence-corrected chi connectivity index (χ1v) is 25.2. The van der Waals surface area contributed by atoms with Crippen molar-refractivity contribution in [3.63, 3.8) is 0 Å². The van der Waals surface area contributed by atoms with E-state index in [1.54, 1.807) is 37.4 Å². The minimum atomic E-state index is -3.56. The van der Waals surface area contributed by atoms with Gasteiger partial charge in [-0.05, 0) is 124 Å². The Morgan fingerprint density at radius 3 is 1.42 bits per heavy atom. The number of carboxylic acid groups (broad SMARTS) is 1. The molecule has 67 heavy (non-hydrogen) atoms. The zero-order valence-electron chi connectivity index (χ0n) is 37.5. The molecule has 0 bridgehead atoms. The van der Waals surface area contributed by atoms with E-state index in [9.17, 15) is 40.3 Å². The largest absolute Gasteiger partial charge is 0.478 e. The van der Waals surface area contributed by atoms with Gasteiger partial charge in [-0.3, -0.25) is 23.2 Å². The Hall–Kier alpha value is -5.12. The SMILES string of the molecule is CC1c2cc3c(C(=O)O)c(-c4ccc(F)cc4)oc3cc2N(S(C)(=O)=O)C[C@@H]2CCCN12.CNC(=O)c1c(-c2ccc(F)cc2)oc2cc3c(cc12)C(C)N1CCC[C@H]1CN3S(C)(=O)=O.S.S. The Kier molecular flexibility index (Phi) is 13.9. The number of carboxylic acids is 1. The number of rotatable bonds is 6. The van der Waals surface area contributed by atoms with E-state index in [1.807, 2.05) is 13.0 Å². The van der Waals surface area contributed by atoms with Crippen molar-refractivity contribution in [3.8, 4) is 22.6 Å². The average Bonchev–Trinajstić information content (AvgIpc) is 4.06. The normalized spacial score (nSPS) is 20.6. The summed E-state index contributed by atoms with van der Waals surface area (Å²) in [7, 11) is -5.55. The second-order valence-corrected chi connectivity index (χ2v) is 21.1. The molecule has 0 saturated carbocycles. The van der Waals surface area contributed by atoms with Gasteiger partial charge in [0.15, 0.2) is 0 Å². The molecule has 2 saturated heterocycles. The number of aromatic carboxylic acids is 1. The van der Waals surface area contributed by atoms with Crippen molar-refractivity contribution in [2.24, 2.45) is 0 Å². The van der Waals surface area contributed by atoms with Crippen molar-refractivity contribution in [2.75, 3.05) is 54.3 Å². The molecule has 4 aliphatic rings. The number of nitrogens with zero attached hydrogens (tertiary/aromatic N) is 4. The van der Waals surface area contributed by atoms with Gasteiger partial charge in [0.2, 0.25) is 20.0 Å². The van der Waals surface area contributed by atoms with E-state index in [1.165, 1.54) is 57.5 Å². The van der Waals surface area contributed by atoms with Crippen LogP contribution in [0.15, 0.2) is 81.6 Å². The second kappa shape index (κ2) is 18.8. The monoisotopic (exact) mass is 997 g/mol. The van der Waals surface area contributed by atoms with Gasteiger partial charge in [0.1, 0.15) is 39.9 Å². The summed E-state index contributed by atoms with van der Waals surface area (Å²) in [5, 5.41) is 13.6. The molecule has 14 nitrogen and oxygen atoms in total. The number of hydrogen-bond acceptors (Lipinski definition) is 10. The molecular weight excluding hydrogens is 945 g/mol. The van der Waals surface area contributed by atoms with Crippen LogP contribution >= 0.6 is 27.0 Å². The number of carbonyl (C=O) groups excluding carboxylic acids is 1. The molecule has 2 aromatic heterocycles. The number of furan rings is 2. The highest BCUT2D eigenvalue weighted by Gasteiger charge is 2.41. The topological polar surface area (TPSA) is 174 Å². The zero-order valence-corrected chi connectivity index (χ0v) is 41.1. The molecule has 358 valence electrons. The maximum atomic E-state index is 13.5. The summed E-state index contributed by atoms with van der Waals surface area (Å²) in [6, 6.07) is 18.3. The molecule has 2 unspecified atom stereocenters. The molecule has 6 heterocycles. The van der Waals surface area contributed by atoms with Crippen molar-refractivity contribution in [2.45, 2.75) is 63.7 Å². The van der Waals surface area contributed by atoms with E-state index < -0.39 is 31.8 Å². The Labute approximate surface area is 401 Å². The Morgan fingerprint density at radius 2 is 1.04 bits per heavy atom. The maximum Gasteiger partial charge on any atom is 0.340 e. The van der Waals surface area contributed by atoms with Crippen molar-refractivity contribution < 1.29 is 49.1 Å². The van der Waals surface area contributed by atoms with Crippen molar-refractivity contribution in [1.82, 2.24) is 15.1 Å². The summed E-state index contributed by atoms with van der Waals surface area (Å²) in [6.45, 7) is 6.59. The lowest BCUT2D eigenvalue weighted by Gasteiger charge is -2.28. The molecule has 0 aliphatic carbocycles. The third kappa shape index (κ3) is 9.03. The Morgan fingerprint density at radius 1 is 0.657 bits per heavy atom. The van der Waals surface area contributed by atoms with Crippen LogP contribution in [0.25, 0.3) is 44.6 Å². The van der Waals surface area contributed by atoms with Gasteiger partial charge in [-0.2, -0.15) is 27.0 Å². The van der Waals surface area contributed by atoms with Crippen LogP contribution in [0, 0.1) is 11.6 Å². The van der Waals surface area contributed by atoms with Crippen LogP contribution in [-0.4, -0.2) is 101 Å². The first-order valence-electron chi connectivity index (χ1n) is 21.5. The van der Waals surface area contributed by atoms with E-state index in [4.69, 9.17) is 8.83 Å². The molecule has 2 N–H and O–H groups in total. The minimum Gasteiger partial charge on any atom is -0.478 e. The molecule has 1 amide bonds. The van der Waals surface area contributed by atoms with Gasteiger partial charge in [-0.25, -0.2) is 30.4 Å². The molecule has 0 radical (unpaired) electrons. The number of amides is 1. The van der Waals surface area contributed by atoms with Crippen LogP contribution in [0.3, 0.4) is 0 Å². The Balaban J connectivity index is 0.000000193. The molecular formula is C47H53F2N5O9S4. The molecule has 4 atom stereocenters. The minimum absolute atomic E-state index is 0. The van der Waals surface area contributed by atoms with Crippen LogP contribution in [-0.2, 0) is 20.0 Å². The first kappa shape index (κ1) is 49.8. The third-order valence-electron chi connectivity index (χ3n) is 13.4. The van der Waals surface area contributed by atoms with E-state index >= 15 is 0 Å². The number of hydrogen-bond donors (Lipinski definition) is 2. The molecule has 0 spiro atoms. The highest BCUT2D eigenvalue weighted by atomic mass is 32.2. The van der Waals surface area contributed by atoms with Gasteiger partial charge in [-0.1, -0.05) is 0 Å². The van der Waals surface area contributed by atoms with Gasteiger partial charge in [0.05, 0.1) is 29.4 Å². The summed E-state index contributed by atoms with van der Waals surface area (Å²) >= 11 is 0. The smallest absolute Gasteiger partial charge is 0.340 e. The predicted molar refractivity (Wildman–Crippen MR) is 265 cm³/mol. The van der Waals surface area contributed by atoms with Gasteiger partial charge in [-0.15, -0.1) is 0 Å². The van der Waals surface area contributed by atoms with E-state index in [0.717, 1.165) is 49.9 Å². The fourth-order valence-electron chi connectivity index (χ4n) is 10.3. The lowest BCUT2D eigenvalue weighted by atomic mass is 9.99. The number of anilines is 2. The van der Waals surface area contributed by atoms with E-state index in [-0.39, 0.29) is 79.8 Å². The van der Waals surface area contributed by atoms with Gasteiger partial charge >= 0.3 is 5.97 Å². The number of halogens is 2. The zero-order chi connectivity index (χ0) is 46.3. The average molecular weight is 998 g/mol. The van der Waals surface area contributed by atoms with E-state index in [2.05, 4.69) is 22.0 Å². The van der Waals surface area contributed by atoms with Crippen LogP contribution in [0.2, 0.25) is 0 Å². The summed E-state index contributed by atoms with van der Waals surface area (Å²) in [6.07, 6.45) is 6.27. The number of carbonyl (C=O) groups is 2. The Bertz CT molecular complexity index is 3110. The number of benzene rings is 4. The van der Waals surface area contributed by atoms with Crippen molar-refractivity contribution in [1.29, 1.82) is 0 Å². The van der Waals surface area contributed by atoms with Crippen LogP contribution in [0.5, 0.6) is 0 Å². The van der Waals surface area contributed by atoms with Crippen molar-refractivity contribution in [3.05, 3.63) is 107 Å². The van der Waals surface area contributed by atoms with Gasteiger partial charge in [0.25, 0.3) is 5.91 Å². The number of nitrogens with one attached hydrogen (secondary N) is 1. The fourth-order valence-corrected chi connectivity index (χ4v) is 12.2. The number of fused-ring (bicyclic) bond motifs is 6. The van der Waals surface area contributed by atoms with Crippen LogP contribution in [0.4, 0.5) is 20.2 Å². The summed E-state index contributed by atoms with van der Waals surface area (Å²) in [5.74, 6) is -1.88. The molecule has 20 heteroatoms. The lowest BCUT2D eigenvalue weighted by molar-refractivity contribution is 0.0698. The first-order chi connectivity index (χ1) is 30.8. The number of sulfonamides is 2. The molecule has 2 fully saturated rings. The second-order valence-electron chi connectivity index (χ2n) is 17.3. The van der Waals surface area contributed by atoms with Crippen LogP contribution < -0.4 is 13.9 Å². The summed E-state index contributed by atoms with van der Waals surface area (Å²) < 4.78 is 92.9. The molecule has 10 rings (SSSR count). The quantitative estimate of drug-likeness (QED) is 0.164. The highest BCUT2D eigenvalue weighted by molar-refractivity contribution is 7.92. The van der Waals surface area contributed by atoms with Gasteiger partial charge in [0, 0.05) is 78.3 Å². The maximum absolute atomic E-state index is 13.5. The molecule has 6 aromatic rings. The molecule has 4 aliphatic heterocycles. The molecule has 4 aromatic carbocycles. The standard InChI is InChI=1S/C24H26FN3O4S.C23H23FN2O5S.2H2S/c1-14-18-11-19-21(12-20(18)28(33(3,30)31)13-17-5-4-10-27(14)17)32-23(22(19)24(29)26-2)15-6-8-16(25)9-7-15;1-13-17-10-18-20(31-22(21(18)23(27)28)14-5-7-15(24)8-6-14)11-19(17)26(32(2,29)30)12-16-4-3-9-25(13)16;;/h6-9,11-12,14,17H,4-5,10,13H2,1-3H3,(H,26,29);5-8,10-11,13,16H,3-4,9,12H2,1-2H3,(H,27,28);2*1H2/t14?,17-;13?,16-;;/m00../s1.